The van der Waals surface area contributed by atoms with Crippen LogP contribution in [0.3, 0.4) is 0 Å². The molecule has 1 amide bonds. The zero-order chi connectivity index (χ0) is 14.7. The molecule has 1 heterocycles. The van der Waals surface area contributed by atoms with E-state index in [2.05, 4.69) is 6.92 Å². The van der Waals surface area contributed by atoms with Gasteiger partial charge in [-0.3, -0.25) is 4.79 Å². The zero-order valence-corrected chi connectivity index (χ0v) is 11.4. The number of carboxylic acid groups (broad SMARTS) is 1. The minimum absolute atomic E-state index is 0.0518. The number of rotatable bonds is 2. The molecule has 0 bridgehead atoms. The van der Waals surface area contributed by atoms with E-state index < -0.39 is 11.8 Å². The molecule has 0 saturated carbocycles. The van der Waals surface area contributed by atoms with Crippen LogP contribution in [0.5, 0.6) is 0 Å². The highest BCUT2D eigenvalue weighted by Gasteiger charge is 2.23. The highest BCUT2D eigenvalue weighted by atomic mass is 19.1. The van der Waals surface area contributed by atoms with Crippen molar-refractivity contribution in [2.24, 2.45) is 5.92 Å². The van der Waals surface area contributed by atoms with Crippen molar-refractivity contribution in [1.29, 1.82) is 0 Å². The van der Waals surface area contributed by atoms with Crippen molar-refractivity contribution in [3.8, 4) is 0 Å². The van der Waals surface area contributed by atoms with Crippen molar-refractivity contribution in [2.45, 2.75) is 26.2 Å². The summed E-state index contributed by atoms with van der Waals surface area (Å²) >= 11 is 0. The monoisotopic (exact) mass is 279 g/mol. The van der Waals surface area contributed by atoms with Crippen molar-refractivity contribution in [3.05, 3.63) is 35.1 Å². The van der Waals surface area contributed by atoms with E-state index >= 15 is 0 Å². The number of likely N-dealkylation sites (tertiary alicyclic amines) is 1. The standard InChI is InChI=1S/C15H18FNO3/c1-10-4-2-3-7-17(9-10)14(18)12-6-5-11(15(19)20)8-13(12)16/h5-6,8,10H,2-4,7,9H2,1H3,(H,19,20). The van der Waals surface area contributed by atoms with Gasteiger partial charge in [0.1, 0.15) is 5.82 Å². The molecule has 0 spiro atoms. The number of hydrogen-bond acceptors (Lipinski definition) is 2. The summed E-state index contributed by atoms with van der Waals surface area (Å²) < 4.78 is 13.9. The first kappa shape index (κ1) is 14.5. The van der Waals surface area contributed by atoms with Crippen LogP contribution in [0.25, 0.3) is 0 Å². The molecular weight excluding hydrogens is 261 g/mol. The maximum atomic E-state index is 13.9. The Morgan fingerprint density at radius 3 is 2.75 bits per heavy atom. The lowest BCUT2D eigenvalue weighted by atomic mass is 10.1. The minimum Gasteiger partial charge on any atom is -0.478 e. The highest BCUT2D eigenvalue weighted by Crippen LogP contribution is 2.19. The molecule has 20 heavy (non-hydrogen) atoms. The summed E-state index contributed by atoms with van der Waals surface area (Å²) in [5.74, 6) is -1.92. The van der Waals surface area contributed by atoms with Crippen LogP contribution in [0, 0.1) is 11.7 Å². The molecule has 108 valence electrons. The predicted molar refractivity (Wildman–Crippen MR) is 72.3 cm³/mol. The third-order valence-electron chi connectivity index (χ3n) is 3.64. The molecule has 1 saturated heterocycles. The molecule has 1 N–H and O–H groups in total. The van der Waals surface area contributed by atoms with Crippen molar-refractivity contribution in [2.75, 3.05) is 13.1 Å². The molecule has 1 unspecified atom stereocenters. The topological polar surface area (TPSA) is 57.6 Å². The lowest BCUT2D eigenvalue weighted by Crippen LogP contribution is -2.34. The van der Waals surface area contributed by atoms with Crippen LogP contribution >= 0.6 is 0 Å². The number of benzene rings is 1. The summed E-state index contributed by atoms with van der Waals surface area (Å²) in [6.45, 7) is 3.33. The van der Waals surface area contributed by atoms with Crippen LogP contribution in [0.15, 0.2) is 18.2 Å². The van der Waals surface area contributed by atoms with Gasteiger partial charge in [-0.1, -0.05) is 13.3 Å². The Morgan fingerprint density at radius 2 is 2.10 bits per heavy atom. The van der Waals surface area contributed by atoms with Crippen molar-refractivity contribution < 1.29 is 19.1 Å². The summed E-state index contributed by atoms with van der Waals surface area (Å²) in [7, 11) is 0. The highest BCUT2D eigenvalue weighted by molar-refractivity contribution is 5.96. The molecule has 1 aromatic rings. The Morgan fingerprint density at radius 1 is 1.35 bits per heavy atom. The summed E-state index contributed by atoms with van der Waals surface area (Å²) in [5.41, 5.74) is -0.201. The third-order valence-corrected chi connectivity index (χ3v) is 3.64. The van der Waals surface area contributed by atoms with Gasteiger partial charge in [-0.25, -0.2) is 9.18 Å². The van der Waals surface area contributed by atoms with Crippen molar-refractivity contribution in [1.82, 2.24) is 4.90 Å². The van der Waals surface area contributed by atoms with Gasteiger partial charge in [0.25, 0.3) is 5.91 Å². The molecule has 2 rings (SSSR count). The smallest absolute Gasteiger partial charge is 0.335 e. The van der Waals surface area contributed by atoms with Gasteiger partial charge in [-0.2, -0.15) is 0 Å². The van der Waals surface area contributed by atoms with Crippen LogP contribution in [-0.2, 0) is 0 Å². The SMILES string of the molecule is CC1CCCCN(C(=O)c2ccc(C(=O)O)cc2F)C1. The third kappa shape index (κ3) is 3.15. The number of nitrogens with zero attached hydrogens (tertiary/aromatic N) is 1. The fourth-order valence-electron chi connectivity index (χ4n) is 2.53. The van der Waals surface area contributed by atoms with Crippen LogP contribution < -0.4 is 0 Å². The normalized spacial score (nSPS) is 19.5. The van der Waals surface area contributed by atoms with Crippen LogP contribution in [-0.4, -0.2) is 35.0 Å². The Labute approximate surface area is 117 Å². The second-order valence-corrected chi connectivity index (χ2v) is 5.35. The fourth-order valence-corrected chi connectivity index (χ4v) is 2.53. The molecule has 5 heteroatoms. The van der Waals surface area contributed by atoms with E-state index in [0.29, 0.717) is 19.0 Å². The number of aromatic carboxylic acids is 1. The predicted octanol–water partition coefficient (Wildman–Crippen LogP) is 2.79. The quantitative estimate of drug-likeness (QED) is 0.905. The number of carboxylic acids is 1. The molecule has 1 aliphatic rings. The van der Waals surface area contributed by atoms with Gasteiger partial charge in [0.2, 0.25) is 0 Å². The van der Waals surface area contributed by atoms with E-state index in [1.165, 1.54) is 12.1 Å². The second-order valence-electron chi connectivity index (χ2n) is 5.35. The molecule has 0 radical (unpaired) electrons. The van der Waals surface area contributed by atoms with Gasteiger partial charge in [-0.15, -0.1) is 0 Å². The maximum Gasteiger partial charge on any atom is 0.335 e. The Bertz CT molecular complexity index is 530. The number of amides is 1. The zero-order valence-electron chi connectivity index (χ0n) is 11.4. The van der Waals surface area contributed by atoms with Gasteiger partial charge < -0.3 is 10.0 Å². The number of carbonyl (C=O) groups is 2. The summed E-state index contributed by atoms with van der Waals surface area (Å²) in [5, 5.41) is 8.80. The lowest BCUT2D eigenvalue weighted by molar-refractivity contribution is 0.0691. The number of hydrogen-bond donors (Lipinski definition) is 1. The van der Waals surface area contributed by atoms with E-state index in [4.69, 9.17) is 5.11 Å². The Hall–Kier alpha value is -1.91. The van der Waals surface area contributed by atoms with Gasteiger partial charge in [0, 0.05) is 13.1 Å². The lowest BCUT2D eigenvalue weighted by Gasteiger charge is -2.23. The first-order valence-corrected chi connectivity index (χ1v) is 6.81. The van der Waals surface area contributed by atoms with E-state index in [-0.39, 0.29) is 17.0 Å². The fraction of sp³-hybridized carbons (Fsp3) is 0.467. The molecule has 4 nitrogen and oxygen atoms in total. The Kier molecular flexibility index (Phi) is 4.37. The Balaban J connectivity index is 2.22. The van der Waals surface area contributed by atoms with E-state index in [9.17, 15) is 14.0 Å². The van der Waals surface area contributed by atoms with Crippen molar-refractivity contribution >= 4 is 11.9 Å². The molecule has 0 aliphatic carbocycles. The molecule has 1 atom stereocenters. The average molecular weight is 279 g/mol. The van der Waals surface area contributed by atoms with Crippen LogP contribution in [0.2, 0.25) is 0 Å². The average Bonchev–Trinajstić information content (AvgIpc) is 2.62. The molecular formula is C15H18FNO3. The molecule has 0 aromatic heterocycles. The summed E-state index contributed by atoms with van der Waals surface area (Å²) in [6.07, 6.45) is 3.07. The largest absolute Gasteiger partial charge is 0.478 e. The van der Waals surface area contributed by atoms with Gasteiger partial charge in [0.15, 0.2) is 0 Å². The summed E-state index contributed by atoms with van der Waals surface area (Å²) in [4.78, 5) is 24.8. The first-order chi connectivity index (χ1) is 9.49. The molecule has 1 fully saturated rings. The molecule has 1 aliphatic heterocycles. The first-order valence-electron chi connectivity index (χ1n) is 6.81. The van der Waals surface area contributed by atoms with Gasteiger partial charge in [-0.05, 0) is 37.0 Å². The number of halogens is 1. The number of carbonyl (C=O) groups excluding carboxylic acids is 1. The summed E-state index contributed by atoms with van der Waals surface area (Å²) in [6, 6.07) is 3.42. The van der Waals surface area contributed by atoms with E-state index in [1.54, 1.807) is 4.90 Å². The van der Waals surface area contributed by atoms with Gasteiger partial charge >= 0.3 is 5.97 Å². The van der Waals surface area contributed by atoms with E-state index in [0.717, 1.165) is 25.3 Å². The van der Waals surface area contributed by atoms with Crippen molar-refractivity contribution in [3.63, 3.8) is 0 Å². The molecule has 1 aromatic carbocycles. The second kappa shape index (κ2) is 6.03. The van der Waals surface area contributed by atoms with Crippen LogP contribution in [0.4, 0.5) is 4.39 Å². The maximum absolute atomic E-state index is 13.9. The van der Waals surface area contributed by atoms with Gasteiger partial charge in [0.05, 0.1) is 11.1 Å². The van der Waals surface area contributed by atoms with E-state index in [1.807, 2.05) is 0 Å². The van der Waals surface area contributed by atoms with Crippen LogP contribution in [0.1, 0.15) is 46.9 Å². The minimum atomic E-state index is -1.20.